The minimum absolute atomic E-state index is 0.0754. The van der Waals surface area contributed by atoms with Crippen LogP contribution in [0.1, 0.15) is 361 Å². The second kappa shape index (κ2) is 70.1. The first-order valence-electron chi connectivity index (χ1n) is 35.6. The second-order valence-electron chi connectivity index (χ2n) is 23.8. The Labute approximate surface area is 509 Å². The van der Waals surface area contributed by atoms with E-state index in [0.29, 0.717) is 19.3 Å². The average molecular weight is 1140 g/mol. The van der Waals surface area contributed by atoms with Gasteiger partial charge in [0.2, 0.25) is 0 Å². The SMILES string of the molecule is CC/C=C\C/C=C\C/C=C\C/C=C\CCCCCCCCCCC(=O)OC(COC(=O)CCCCCCCCCCCC)COC(=O)CCCCCCCCCCCCCCCCCCCC/C=C\C/C=C\C/C=C\CCCCCCC. The monoisotopic (exact) mass is 1140 g/mol. The molecule has 0 aliphatic carbocycles. The first kappa shape index (κ1) is 78.6. The summed E-state index contributed by atoms with van der Waals surface area (Å²) in [6, 6.07) is 0. The third kappa shape index (κ3) is 67.4. The minimum atomic E-state index is -0.779. The van der Waals surface area contributed by atoms with E-state index in [1.165, 1.54) is 218 Å². The summed E-state index contributed by atoms with van der Waals surface area (Å²) >= 11 is 0. The Morgan fingerprint density at radius 2 is 0.476 bits per heavy atom. The molecule has 1 unspecified atom stereocenters. The van der Waals surface area contributed by atoms with E-state index in [0.717, 1.165) is 103 Å². The van der Waals surface area contributed by atoms with Gasteiger partial charge in [-0.05, 0) is 96.3 Å². The standard InChI is InChI=1S/C76H134O6/c1-4-7-10-13-16-19-22-24-26-28-30-32-33-34-35-36-37-38-39-40-41-42-43-45-46-48-50-52-54-57-60-63-66-69-75(78)81-72-73(71-80-74(77)68-65-62-59-56-21-18-15-12-9-6-3)82-76(79)70-67-64-61-58-55-53-51-49-47-44-31-29-27-25-23-20-17-14-11-8-5-2/h8,11,17,20,22,24-25,27-28,30-31,33-34,44,73H,4-7,9-10,12-16,18-19,21,23,26,29,32,35-43,45-72H2,1-3H3/b11-8-,20-17-,24-22-,27-25-,30-28-,34-33-,44-31-. The summed E-state index contributed by atoms with van der Waals surface area (Å²) in [5.41, 5.74) is 0. The molecule has 0 rings (SSSR count). The van der Waals surface area contributed by atoms with Crippen LogP contribution in [0.3, 0.4) is 0 Å². The lowest BCUT2D eigenvalue weighted by Gasteiger charge is -2.18. The van der Waals surface area contributed by atoms with Gasteiger partial charge in [-0.25, -0.2) is 0 Å². The van der Waals surface area contributed by atoms with Gasteiger partial charge in [0.1, 0.15) is 13.2 Å². The summed E-state index contributed by atoms with van der Waals surface area (Å²) in [5, 5.41) is 0. The van der Waals surface area contributed by atoms with Crippen molar-refractivity contribution in [3.05, 3.63) is 85.1 Å². The zero-order valence-electron chi connectivity index (χ0n) is 54.5. The highest BCUT2D eigenvalue weighted by atomic mass is 16.6. The van der Waals surface area contributed by atoms with Crippen LogP contribution in [0.4, 0.5) is 0 Å². The molecule has 0 aromatic heterocycles. The van der Waals surface area contributed by atoms with Crippen LogP contribution in [-0.2, 0) is 28.6 Å². The van der Waals surface area contributed by atoms with Crippen molar-refractivity contribution in [2.24, 2.45) is 0 Å². The Morgan fingerprint density at radius 1 is 0.256 bits per heavy atom. The highest BCUT2D eigenvalue weighted by Gasteiger charge is 2.19. The quantitative estimate of drug-likeness (QED) is 0.0261. The first-order chi connectivity index (χ1) is 40.5. The van der Waals surface area contributed by atoms with Crippen LogP contribution in [0.5, 0.6) is 0 Å². The van der Waals surface area contributed by atoms with Crippen LogP contribution in [0.15, 0.2) is 85.1 Å². The van der Waals surface area contributed by atoms with Crippen molar-refractivity contribution in [3.63, 3.8) is 0 Å². The lowest BCUT2D eigenvalue weighted by Crippen LogP contribution is -2.30. The van der Waals surface area contributed by atoms with E-state index < -0.39 is 6.10 Å². The molecule has 0 radical (unpaired) electrons. The maximum absolute atomic E-state index is 12.9. The van der Waals surface area contributed by atoms with Crippen LogP contribution >= 0.6 is 0 Å². The van der Waals surface area contributed by atoms with Gasteiger partial charge in [-0.15, -0.1) is 0 Å². The van der Waals surface area contributed by atoms with E-state index in [1.807, 2.05) is 0 Å². The summed E-state index contributed by atoms with van der Waals surface area (Å²) in [6.07, 6.45) is 93.4. The summed E-state index contributed by atoms with van der Waals surface area (Å²) in [5.74, 6) is -0.867. The molecule has 0 aliphatic heterocycles. The molecule has 82 heavy (non-hydrogen) atoms. The van der Waals surface area contributed by atoms with Gasteiger partial charge < -0.3 is 14.2 Å². The van der Waals surface area contributed by atoms with Gasteiger partial charge in [0, 0.05) is 19.3 Å². The van der Waals surface area contributed by atoms with Gasteiger partial charge in [-0.3, -0.25) is 14.4 Å². The largest absolute Gasteiger partial charge is 0.462 e. The Balaban J connectivity index is 4.12. The smallest absolute Gasteiger partial charge is 0.306 e. The average Bonchev–Trinajstić information content (AvgIpc) is 3.47. The van der Waals surface area contributed by atoms with Gasteiger partial charge >= 0.3 is 17.9 Å². The van der Waals surface area contributed by atoms with Gasteiger partial charge in [-0.1, -0.05) is 331 Å². The zero-order valence-corrected chi connectivity index (χ0v) is 54.5. The molecule has 0 bridgehead atoms. The molecule has 0 spiro atoms. The van der Waals surface area contributed by atoms with Crippen molar-refractivity contribution >= 4 is 17.9 Å². The lowest BCUT2D eigenvalue weighted by molar-refractivity contribution is -0.167. The Hall–Kier alpha value is -3.41. The first-order valence-corrected chi connectivity index (χ1v) is 35.6. The molecule has 0 aromatic rings. The van der Waals surface area contributed by atoms with E-state index in [-0.39, 0.29) is 31.1 Å². The second-order valence-corrected chi connectivity index (χ2v) is 23.8. The molecule has 0 saturated heterocycles. The van der Waals surface area contributed by atoms with E-state index in [1.54, 1.807) is 0 Å². The molecule has 0 aromatic carbocycles. The van der Waals surface area contributed by atoms with Crippen LogP contribution in [0.25, 0.3) is 0 Å². The number of hydrogen-bond acceptors (Lipinski definition) is 6. The van der Waals surface area contributed by atoms with Crippen molar-refractivity contribution in [2.75, 3.05) is 13.2 Å². The van der Waals surface area contributed by atoms with Gasteiger partial charge in [-0.2, -0.15) is 0 Å². The molecule has 6 heteroatoms. The third-order valence-electron chi connectivity index (χ3n) is 15.6. The fraction of sp³-hybridized carbons (Fsp3) is 0.776. The van der Waals surface area contributed by atoms with Crippen molar-refractivity contribution < 1.29 is 28.6 Å². The van der Waals surface area contributed by atoms with Crippen LogP contribution in [0, 0.1) is 0 Å². The fourth-order valence-corrected chi connectivity index (χ4v) is 10.3. The zero-order chi connectivity index (χ0) is 59.2. The normalized spacial score (nSPS) is 12.6. The lowest BCUT2D eigenvalue weighted by atomic mass is 10.0. The third-order valence-corrected chi connectivity index (χ3v) is 15.6. The predicted octanol–water partition coefficient (Wildman–Crippen LogP) is 24.6. The highest BCUT2D eigenvalue weighted by molar-refractivity contribution is 5.71. The van der Waals surface area contributed by atoms with Gasteiger partial charge in [0.15, 0.2) is 6.10 Å². The highest BCUT2D eigenvalue weighted by Crippen LogP contribution is 2.18. The molecule has 0 aliphatic rings. The molecular weight excluding hydrogens is 1010 g/mol. The number of carbonyl (C=O) groups excluding carboxylic acids is 3. The van der Waals surface area contributed by atoms with Crippen molar-refractivity contribution in [2.45, 2.75) is 367 Å². The predicted molar refractivity (Wildman–Crippen MR) is 358 cm³/mol. The van der Waals surface area contributed by atoms with Crippen molar-refractivity contribution in [1.82, 2.24) is 0 Å². The van der Waals surface area contributed by atoms with Gasteiger partial charge in [0.05, 0.1) is 0 Å². The van der Waals surface area contributed by atoms with Crippen LogP contribution < -0.4 is 0 Å². The molecular formula is C76H134O6. The van der Waals surface area contributed by atoms with Crippen LogP contribution in [-0.4, -0.2) is 37.2 Å². The van der Waals surface area contributed by atoms with E-state index in [4.69, 9.17) is 14.2 Å². The number of hydrogen-bond donors (Lipinski definition) is 0. The molecule has 0 N–H and O–H groups in total. The molecule has 474 valence electrons. The molecule has 0 amide bonds. The molecule has 1 atom stereocenters. The maximum atomic E-state index is 12.9. The minimum Gasteiger partial charge on any atom is -0.462 e. The summed E-state index contributed by atoms with van der Waals surface area (Å²) < 4.78 is 16.9. The summed E-state index contributed by atoms with van der Waals surface area (Å²) in [6.45, 7) is 6.54. The Morgan fingerprint density at radius 3 is 0.744 bits per heavy atom. The van der Waals surface area contributed by atoms with E-state index in [2.05, 4.69) is 106 Å². The summed E-state index contributed by atoms with van der Waals surface area (Å²) in [4.78, 5) is 38.3. The topological polar surface area (TPSA) is 78.9 Å². The van der Waals surface area contributed by atoms with Crippen LogP contribution in [0.2, 0.25) is 0 Å². The molecule has 0 fully saturated rings. The number of ether oxygens (including phenoxy) is 3. The van der Waals surface area contributed by atoms with Gasteiger partial charge in [0.25, 0.3) is 0 Å². The number of esters is 3. The summed E-state index contributed by atoms with van der Waals surface area (Å²) in [7, 11) is 0. The Kier molecular flexibility index (Phi) is 67.2. The fourth-order valence-electron chi connectivity index (χ4n) is 10.3. The number of rotatable bonds is 65. The number of carbonyl (C=O) groups is 3. The van der Waals surface area contributed by atoms with E-state index >= 15 is 0 Å². The molecule has 6 nitrogen and oxygen atoms in total. The van der Waals surface area contributed by atoms with Crippen molar-refractivity contribution in [3.8, 4) is 0 Å². The molecule has 0 saturated carbocycles. The maximum Gasteiger partial charge on any atom is 0.306 e. The Bertz CT molecular complexity index is 1550. The van der Waals surface area contributed by atoms with Crippen molar-refractivity contribution in [1.29, 1.82) is 0 Å². The molecule has 0 heterocycles. The van der Waals surface area contributed by atoms with E-state index in [9.17, 15) is 14.4 Å². The number of allylic oxidation sites excluding steroid dienone is 14. The number of unbranched alkanes of at least 4 members (excludes halogenated alkanes) is 40.